The molecule has 0 aromatic heterocycles. The largest absolute Gasteiger partial charge is 0.516 e. The minimum atomic E-state index is -1.34. The summed E-state index contributed by atoms with van der Waals surface area (Å²) >= 11 is 0. The Morgan fingerprint density at radius 2 is 2.33 bits per heavy atom. The van der Waals surface area contributed by atoms with Crippen molar-refractivity contribution in [3.05, 3.63) is 12.2 Å². The molecule has 0 aromatic rings. The van der Waals surface area contributed by atoms with Crippen molar-refractivity contribution in [1.82, 2.24) is 0 Å². The molecule has 2 nitrogen and oxygen atoms in total. The molecule has 0 aromatic carbocycles. The van der Waals surface area contributed by atoms with Gasteiger partial charge in [0.25, 0.3) is 0 Å². The molecular formula is C6H8O2P+. The fraction of sp³-hybridized carbons (Fsp3) is 0.667. The third kappa shape index (κ3) is 0.828. The second kappa shape index (κ2) is 1.89. The highest BCUT2D eigenvalue weighted by Crippen LogP contribution is 2.44. The second-order valence-electron chi connectivity index (χ2n) is 2.46. The molecule has 0 amide bonds. The lowest BCUT2D eigenvalue weighted by Gasteiger charge is -2.18. The third-order valence-electron chi connectivity index (χ3n) is 1.80. The molecule has 0 N–H and O–H groups in total. The molecule has 3 unspecified atom stereocenters. The Labute approximate surface area is 54.8 Å². The van der Waals surface area contributed by atoms with Gasteiger partial charge in [0.2, 0.25) is 5.66 Å². The zero-order valence-electron chi connectivity index (χ0n) is 4.99. The summed E-state index contributed by atoms with van der Waals surface area (Å²) in [6.07, 6.45) is 6.32. The zero-order valence-corrected chi connectivity index (χ0v) is 5.88. The van der Waals surface area contributed by atoms with E-state index in [0.29, 0.717) is 0 Å². The van der Waals surface area contributed by atoms with Gasteiger partial charge >= 0.3 is 8.03 Å². The molecule has 2 bridgehead atoms. The third-order valence-corrected chi connectivity index (χ3v) is 3.26. The first-order chi connectivity index (χ1) is 4.36. The maximum atomic E-state index is 10.9. The molecular weight excluding hydrogens is 135 g/mol. The Balaban J connectivity index is 2.29. The Morgan fingerprint density at radius 1 is 1.44 bits per heavy atom. The van der Waals surface area contributed by atoms with Crippen LogP contribution in [0.25, 0.3) is 0 Å². The van der Waals surface area contributed by atoms with Crippen LogP contribution in [0.3, 0.4) is 0 Å². The van der Waals surface area contributed by atoms with Crippen molar-refractivity contribution in [1.29, 1.82) is 0 Å². The second-order valence-corrected chi connectivity index (χ2v) is 3.90. The van der Waals surface area contributed by atoms with Crippen LogP contribution in [-0.4, -0.2) is 11.8 Å². The summed E-state index contributed by atoms with van der Waals surface area (Å²) < 4.78 is 16.0. The summed E-state index contributed by atoms with van der Waals surface area (Å²) in [7, 11) is -1.34. The number of fused-ring (bicyclic) bond motifs is 2. The lowest BCUT2D eigenvalue weighted by atomic mass is 10.1. The first-order valence-electron chi connectivity index (χ1n) is 3.18. The van der Waals surface area contributed by atoms with E-state index in [1.807, 2.05) is 12.2 Å². The van der Waals surface area contributed by atoms with Crippen molar-refractivity contribution in [2.24, 2.45) is 0 Å². The first kappa shape index (κ1) is 5.57. The minimum absolute atomic E-state index is 0.165. The van der Waals surface area contributed by atoms with Crippen molar-refractivity contribution >= 4 is 8.03 Å². The van der Waals surface area contributed by atoms with Crippen LogP contribution in [0.15, 0.2) is 12.2 Å². The van der Waals surface area contributed by atoms with E-state index in [9.17, 15) is 4.57 Å². The summed E-state index contributed by atoms with van der Waals surface area (Å²) in [4.78, 5) is 0. The SMILES string of the molecule is O=[P+]1OC2C=CC1CC2. The van der Waals surface area contributed by atoms with Gasteiger partial charge in [0, 0.05) is 6.42 Å². The Morgan fingerprint density at radius 3 is 2.56 bits per heavy atom. The summed E-state index contributed by atoms with van der Waals surface area (Å²) in [5.74, 6) is 0. The van der Waals surface area contributed by atoms with Crippen LogP contribution in [0.2, 0.25) is 0 Å². The minimum Gasteiger partial charge on any atom is -0.138 e. The molecule has 1 fully saturated rings. The lowest BCUT2D eigenvalue weighted by molar-refractivity contribution is 0.215. The molecule has 2 aliphatic heterocycles. The van der Waals surface area contributed by atoms with Crippen molar-refractivity contribution in [2.45, 2.75) is 24.6 Å². The van der Waals surface area contributed by atoms with Gasteiger partial charge in [-0.3, -0.25) is 0 Å². The van der Waals surface area contributed by atoms with Crippen LogP contribution in [0, 0.1) is 0 Å². The van der Waals surface area contributed by atoms with Gasteiger partial charge in [-0.2, -0.15) is 0 Å². The van der Waals surface area contributed by atoms with Crippen LogP contribution in [0.5, 0.6) is 0 Å². The van der Waals surface area contributed by atoms with E-state index in [1.54, 1.807) is 0 Å². The van der Waals surface area contributed by atoms with Crippen molar-refractivity contribution < 1.29 is 9.09 Å². The Kier molecular flexibility index (Phi) is 1.17. The summed E-state index contributed by atoms with van der Waals surface area (Å²) in [5.41, 5.74) is 0.227. The summed E-state index contributed by atoms with van der Waals surface area (Å²) in [6, 6.07) is 0. The van der Waals surface area contributed by atoms with E-state index in [2.05, 4.69) is 0 Å². The van der Waals surface area contributed by atoms with Crippen LogP contribution < -0.4 is 0 Å². The van der Waals surface area contributed by atoms with Crippen LogP contribution in [0.4, 0.5) is 0 Å². The summed E-state index contributed by atoms with van der Waals surface area (Å²) in [6.45, 7) is 0. The molecule has 48 valence electrons. The molecule has 1 aliphatic carbocycles. The first-order valence-corrected chi connectivity index (χ1v) is 4.42. The molecule has 9 heavy (non-hydrogen) atoms. The predicted octanol–water partition coefficient (Wildman–Crippen LogP) is 1.85. The van der Waals surface area contributed by atoms with E-state index < -0.39 is 8.03 Å². The van der Waals surface area contributed by atoms with Gasteiger partial charge in [0.05, 0.1) is 0 Å². The molecule has 2 heterocycles. The maximum Gasteiger partial charge on any atom is 0.516 e. The van der Waals surface area contributed by atoms with Gasteiger partial charge in [0.15, 0.2) is 0 Å². The number of hydrogen-bond donors (Lipinski definition) is 0. The number of allylic oxidation sites excluding steroid dienone is 1. The van der Waals surface area contributed by atoms with E-state index in [1.165, 1.54) is 0 Å². The van der Waals surface area contributed by atoms with Gasteiger partial charge in [-0.25, -0.2) is 0 Å². The van der Waals surface area contributed by atoms with E-state index in [4.69, 9.17) is 4.52 Å². The highest BCUT2D eigenvalue weighted by Gasteiger charge is 2.42. The fourth-order valence-corrected chi connectivity index (χ4v) is 2.45. The normalized spacial score (nSPS) is 43.8. The molecule has 0 radical (unpaired) electrons. The fourth-order valence-electron chi connectivity index (χ4n) is 1.25. The molecule has 0 spiro atoms. The van der Waals surface area contributed by atoms with Gasteiger partial charge in [-0.05, 0) is 17.1 Å². The molecule has 1 saturated heterocycles. The molecule has 3 aliphatic rings. The molecule has 3 rings (SSSR count). The van der Waals surface area contributed by atoms with Gasteiger partial charge in [-0.1, -0.05) is 6.08 Å². The predicted molar refractivity (Wildman–Crippen MR) is 34.6 cm³/mol. The van der Waals surface area contributed by atoms with Crippen LogP contribution in [0.1, 0.15) is 12.8 Å². The lowest BCUT2D eigenvalue weighted by Crippen LogP contribution is -2.22. The maximum absolute atomic E-state index is 10.9. The van der Waals surface area contributed by atoms with E-state index >= 15 is 0 Å². The highest BCUT2D eigenvalue weighted by molar-refractivity contribution is 7.40. The number of rotatable bonds is 0. The van der Waals surface area contributed by atoms with Crippen molar-refractivity contribution in [3.8, 4) is 0 Å². The Bertz CT molecular complexity index is 176. The van der Waals surface area contributed by atoms with E-state index in [-0.39, 0.29) is 11.8 Å². The quantitative estimate of drug-likeness (QED) is 0.382. The highest BCUT2D eigenvalue weighted by atomic mass is 31.1. The molecule has 3 atom stereocenters. The average Bonchev–Trinajstić information content (AvgIpc) is 1.90. The van der Waals surface area contributed by atoms with Crippen LogP contribution >= 0.6 is 8.03 Å². The average molecular weight is 143 g/mol. The standard InChI is InChI=1S/C6H8O2P/c7-9-6-3-1-5(8-9)2-4-6/h1,3,5-6H,2,4H2/q+1. The number of hydrogen-bond acceptors (Lipinski definition) is 2. The topological polar surface area (TPSA) is 26.3 Å². The van der Waals surface area contributed by atoms with Crippen molar-refractivity contribution in [3.63, 3.8) is 0 Å². The Hall–Kier alpha value is -0.200. The van der Waals surface area contributed by atoms with Gasteiger partial charge < -0.3 is 0 Å². The molecule has 0 saturated carbocycles. The monoisotopic (exact) mass is 143 g/mol. The van der Waals surface area contributed by atoms with Gasteiger partial charge in [0.1, 0.15) is 6.10 Å². The van der Waals surface area contributed by atoms with E-state index in [0.717, 1.165) is 12.8 Å². The van der Waals surface area contributed by atoms with Crippen molar-refractivity contribution in [2.75, 3.05) is 0 Å². The van der Waals surface area contributed by atoms with Gasteiger partial charge in [-0.15, -0.1) is 4.52 Å². The summed E-state index contributed by atoms with van der Waals surface area (Å²) in [5, 5.41) is 0. The smallest absolute Gasteiger partial charge is 0.138 e. The zero-order chi connectivity index (χ0) is 6.27. The van der Waals surface area contributed by atoms with Crippen LogP contribution in [-0.2, 0) is 9.09 Å². The molecule has 3 heteroatoms.